The van der Waals surface area contributed by atoms with Gasteiger partial charge in [0.15, 0.2) is 5.75 Å². The number of nitrogens with zero attached hydrogens (tertiary/aromatic N) is 2. The van der Waals surface area contributed by atoms with Crippen molar-refractivity contribution in [3.8, 4) is 5.75 Å². The standard InChI is InChI=1S/C17H25N3O/c1-5-11-18-16(14-9-7-13(3)8-10-14)17-15(21-4)12-19-20(17)6-2/h7-10,12,16,18H,5-6,11H2,1-4H3. The summed E-state index contributed by atoms with van der Waals surface area (Å²) in [5.41, 5.74) is 3.60. The summed E-state index contributed by atoms with van der Waals surface area (Å²) >= 11 is 0. The van der Waals surface area contributed by atoms with E-state index in [1.165, 1.54) is 11.1 Å². The van der Waals surface area contributed by atoms with Gasteiger partial charge < -0.3 is 10.1 Å². The van der Waals surface area contributed by atoms with Crippen molar-refractivity contribution >= 4 is 0 Å². The van der Waals surface area contributed by atoms with E-state index in [-0.39, 0.29) is 6.04 Å². The smallest absolute Gasteiger partial charge is 0.161 e. The molecule has 2 aromatic rings. The molecule has 0 saturated carbocycles. The zero-order valence-corrected chi connectivity index (χ0v) is 13.4. The van der Waals surface area contributed by atoms with Crippen LogP contribution < -0.4 is 10.1 Å². The van der Waals surface area contributed by atoms with Gasteiger partial charge in [0.05, 0.1) is 19.3 Å². The third kappa shape index (κ3) is 3.45. The highest BCUT2D eigenvalue weighted by atomic mass is 16.5. The Morgan fingerprint density at radius 1 is 1.24 bits per heavy atom. The van der Waals surface area contributed by atoms with E-state index < -0.39 is 0 Å². The second-order valence-electron chi connectivity index (χ2n) is 5.21. The van der Waals surface area contributed by atoms with Crippen LogP contribution in [0.1, 0.15) is 43.1 Å². The molecule has 1 atom stereocenters. The Kier molecular flexibility index (Phi) is 5.39. The summed E-state index contributed by atoms with van der Waals surface area (Å²) < 4.78 is 7.52. The lowest BCUT2D eigenvalue weighted by Crippen LogP contribution is -2.26. The Labute approximate surface area is 127 Å². The third-order valence-electron chi connectivity index (χ3n) is 3.65. The van der Waals surface area contributed by atoms with Crippen molar-refractivity contribution in [2.24, 2.45) is 0 Å². The molecule has 0 radical (unpaired) electrons. The van der Waals surface area contributed by atoms with Crippen LogP contribution in [-0.4, -0.2) is 23.4 Å². The number of rotatable bonds is 7. The summed E-state index contributed by atoms with van der Waals surface area (Å²) in [5.74, 6) is 0.839. The van der Waals surface area contributed by atoms with Crippen LogP contribution in [0.5, 0.6) is 5.75 Å². The van der Waals surface area contributed by atoms with Gasteiger partial charge in [0.2, 0.25) is 0 Å². The van der Waals surface area contributed by atoms with Crippen molar-refractivity contribution in [3.05, 3.63) is 47.3 Å². The van der Waals surface area contributed by atoms with Crippen LogP contribution in [0.15, 0.2) is 30.5 Å². The highest BCUT2D eigenvalue weighted by Crippen LogP contribution is 2.30. The van der Waals surface area contributed by atoms with Gasteiger partial charge in [-0.05, 0) is 32.4 Å². The zero-order valence-electron chi connectivity index (χ0n) is 13.4. The zero-order chi connectivity index (χ0) is 15.2. The maximum atomic E-state index is 5.51. The molecule has 0 fully saturated rings. The van der Waals surface area contributed by atoms with Gasteiger partial charge in [0.25, 0.3) is 0 Å². The van der Waals surface area contributed by atoms with Gasteiger partial charge in [-0.15, -0.1) is 0 Å². The summed E-state index contributed by atoms with van der Waals surface area (Å²) in [4.78, 5) is 0. The molecule has 1 aromatic heterocycles. The van der Waals surface area contributed by atoms with Gasteiger partial charge >= 0.3 is 0 Å². The third-order valence-corrected chi connectivity index (χ3v) is 3.65. The van der Waals surface area contributed by atoms with E-state index in [1.54, 1.807) is 13.3 Å². The van der Waals surface area contributed by atoms with E-state index in [4.69, 9.17) is 4.74 Å². The van der Waals surface area contributed by atoms with Crippen molar-refractivity contribution in [3.63, 3.8) is 0 Å². The largest absolute Gasteiger partial charge is 0.493 e. The minimum atomic E-state index is 0.1000. The summed E-state index contributed by atoms with van der Waals surface area (Å²) in [6.07, 6.45) is 2.89. The van der Waals surface area contributed by atoms with Crippen LogP contribution in [0.25, 0.3) is 0 Å². The highest BCUT2D eigenvalue weighted by molar-refractivity contribution is 5.37. The Morgan fingerprint density at radius 2 is 1.95 bits per heavy atom. The predicted molar refractivity (Wildman–Crippen MR) is 85.8 cm³/mol. The highest BCUT2D eigenvalue weighted by Gasteiger charge is 2.22. The van der Waals surface area contributed by atoms with Crippen LogP contribution in [0.2, 0.25) is 0 Å². The summed E-state index contributed by atoms with van der Waals surface area (Å²) in [5, 5.41) is 8.05. The van der Waals surface area contributed by atoms with Crippen molar-refractivity contribution in [1.29, 1.82) is 0 Å². The average molecular weight is 287 g/mol. The topological polar surface area (TPSA) is 39.1 Å². The van der Waals surface area contributed by atoms with Gasteiger partial charge in [0, 0.05) is 6.54 Å². The molecule has 2 rings (SSSR count). The van der Waals surface area contributed by atoms with E-state index in [0.717, 1.165) is 31.0 Å². The van der Waals surface area contributed by atoms with Crippen LogP contribution in [0.4, 0.5) is 0 Å². The summed E-state index contributed by atoms with van der Waals surface area (Å²) in [6.45, 7) is 8.16. The molecule has 1 heterocycles. The van der Waals surface area contributed by atoms with Crippen molar-refractivity contribution in [2.75, 3.05) is 13.7 Å². The molecule has 0 aliphatic heterocycles. The Balaban J connectivity index is 2.44. The fraction of sp³-hybridized carbons (Fsp3) is 0.471. The molecule has 0 aliphatic carbocycles. The van der Waals surface area contributed by atoms with Crippen LogP contribution in [0, 0.1) is 6.92 Å². The SMILES string of the molecule is CCCNC(c1ccc(C)cc1)c1c(OC)cnn1CC. The molecular formula is C17H25N3O. The van der Waals surface area contributed by atoms with Crippen molar-refractivity contribution in [1.82, 2.24) is 15.1 Å². The molecule has 1 N–H and O–H groups in total. The predicted octanol–water partition coefficient (Wildman–Crippen LogP) is 3.31. The monoisotopic (exact) mass is 287 g/mol. The summed E-state index contributed by atoms with van der Waals surface area (Å²) in [6, 6.07) is 8.75. The number of benzene rings is 1. The van der Waals surface area contributed by atoms with Crippen LogP contribution in [0.3, 0.4) is 0 Å². The number of nitrogens with one attached hydrogen (secondary N) is 1. The molecular weight excluding hydrogens is 262 g/mol. The minimum absolute atomic E-state index is 0.1000. The summed E-state index contributed by atoms with van der Waals surface area (Å²) in [7, 11) is 1.70. The first-order chi connectivity index (χ1) is 10.2. The number of ether oxygens (including phenoxy) is 1. The molecule has 0 bridgehead atoms. The molecule has 114 valence electrons. The number of hydrogen-bond donors (Lipinski definition) is 1. The number of methoxy groups -OCH3 is 1. The van der Waals surface area contributed by atoms with E-state index >= 15 is 0 Å². The fourth-order valence-corrected chi connectivity index (χ4v) is 2.50. The van der Waals surface area contributed by atoms with Crippen molar-refractivity contribution in [2.45, 2.75) is 39.8 Å². The van der Waals surface area contributed by atoms with Crippen LogP contribution >= 0.6 is 0 Å². The molecule has 1 aromatic carbocycles. The van der Waals surface area contributed by atoms with Gasteiger partial charge in [0.1, 0.15) is 5.69 Å². The Hall–Kier alpha value is -1.81. The van der Waals surface area contributed by atoms with Gasteiger partial charge in [-0.25, -0.2) is 0 Å². The first-order valence-corrected chi connectivity index (χ1v) is 7.60. The number of aromatic nitrogens is 2. The normalized spacial score (nSPS) is 12.4. The molecule has 0 saturated heterocycles. The maximum absolute atomic E-state index is 5.51. The van der Waals surface area contributed by atoms with Crippen molar-refractivity contribution < 1.29 is 4.74 Å². The number of hydrogen-bond acceptors (Lipinski definition) is 3. The van der Waals surface area contributed by atoms with Gasteiger partial charge in [-0.2, -0.15) is 5.10 Å². The van der Waals surface area contributed by atoms with E-state index in [1.807, 2.05) is 4.68 Å². The minimum Gasteiger partial charge on any atom is -0.493 e. The van der Waals surface area contributed by atoms with E-state index in [9.17, 15) is 0 Å². The number of aryl methyl sites for hydroxylation is 2. The molecule has 0 spiro atoms. The molecule has 1 unspecified atom stereocenters. The van der Waals surface area contributed by atoms with Gasteiger partial charge in [-0.3, -0.25) is 4.68 Å². The van der Waals surface area contributed by atoms with E-state index in [2.05, 4.69) is 55.5 Å². The first-order valence-electron chi connectivity index (χ1n) is 7.60. The van der Waals surface area contributed by atoms with E-state index in [0.29, 0.717) is 0 Å². The lowest BCUT2D eigenvalue weighted by Gasteiger charge is -2.21. The van der Waals surface area contributed by atoms with Gasteiger partial charge in [-0.1, -0.05) is 36.8 Å². The second kappa shape index (κ2) is 7.27. The molecule has 21 heavy (non-hydrogen) atoms. The quantitative estimate of drug-likeness (QED) is 0.849. The fourth-order valence-electron chi connectivity index (χ4n) is 2.50. The second-order valence-corrected chi connectivity index (χ2v) is 5.21. The molecule has 0 amide bonds. The molecule has 4 heteroatoms. The maximum Gasteiger partial charge on any atom is 0.161 e. The molecule has 4 nitrogen and oxygen atoms in total. The first kappa shape index (κ1) is 15.6. The lowest BCUT2D eigenvalue weighted by molar-refractivity contribution is 0.398. The lowest BCUT2D eigenvalue weighted by atomic mass is 10.0. The van der Waals surface area contributed by atoms with Crippen LogP contribution in [-0.2, 0) is 6.54 Å². The average Bonchev–Trinajstić information content (AvgIpc) is 2.92. The molecule has 0 aliphatic rings. The Bertz CT molecular complexity index is 538. The Morgan fingerprint density at radius 3 is 2.52 bits per heavy atom.